The molecule has 0 bridgehead atoms. The molecule has 138 valence electrons. The number of ether oxygens (including phenoxy) is 1. The molecule has 3 amide bonds. The number of rotatable bonds is 7. The number of hydrogen-bond acceptors (Lipinski definition) is 4. The highest BCUT2D eigenvalue weighted by Gasteiger charge is 2.11. The van der Waals surface area contributed by atoms with E-state index in [1.54, 1.807) is 0 Å². The Hall–Kier alpha value is -3.02. The Morgan fingerprint density at radius 2 is 1.69 bits per heavy atom. The number of aryl methyl sites for hydroxylation is 2. The van der Waals surface area contributed by atoms with Crippen LogP contribution in [0.2, 0.25) is 0 Å². The van der Waals surface area contributed by atoms with Gasteiger partial charge in [0.2, 0.25) is 5.91 Å². The summed E-state index contributed by atoms with van der Waals surface area (Å²) in [5.41, 5.74) is 2.74. The minimum atomic E-state index is -0.487. The van der Waals surface area contributed by atoms with Crippen molar-refractivity contribution < 1.29 is 14.3 Å². The molecule has 2 aromatic carbocycles. The first kappa shape index (κ1) is 19.3. The largest absolute Gasteiger partial charge is 0.455 e. The molecule has 0 heterocycles. The molecule has 0 aliphatic heterocycles. The first-order chi connectivity index (χ1) is 12.5. The van der Waals surface area contributed by atoms with Crippen LogP contribution in [0.4, 0.5) is 10.5 Å². The molecule has 26 heavy (non-hydrogen) atoms. The van der Waals surface area contributed by atoms with Crippen LogP contribution in [0.3, 0.4) is 0 Å². The number of anilines is 1. The van der Waals surface area contributed by atoms with Gasteiger partial charge in [0.15, 0.2) is 5.75 Å². The molecule has 0 radical (unpaired) electrons. The van der Waals surface area contributed by atoms with Crippen molar-refractivity contribution in [2.45, 2.75) is 27.2 Å². The van der Waals surface area contributed by atoms with Gasteiger partial charge in [-0.2, -0.15) is 0 Å². The minimum absolute atomic E-state index is 0.0350. The lowest BCUT2D eigenvalue weighted by atomic mass is 10.1. The van der Waals surface area contributed by atoms with Crippen LogP contribution < -0.4 is 20.7 Å². The van der Waals surface area contributed by atoms with Gasteiger partial charge in [0.25, 0.3) is 0 Å². The van der Waals surface area contributed by atoms with Crippen LogP contribution in [-0.4, -0.2) is 25.0 Å². The number of benzene rings is 2. The molecule has 2 rings (SSSR count). The number of carbonyl (C=O) groups excluding carboxylic acids is 2. The molecule has 0 saturated carbocycles. The summed E-state index contributed by atoms with van der Waals surface area (Å²) >= 11 is 0. The molecule has 6 heteroatoms. The van der Waals surface area contributed by atoms with Gasteiger partial charge in [0.05, 0.1) is 12.2 Å². The lowest BCUT2D eigenvalue weighted by Gasteiger charge is -2.15. The molecule has 0 unspecified atom stereocenters. The fourth-order valence-corrected chi connectivity index (χ4v) is 2.40. The van der Waals surface area contributed by atoms with Crippen molar-refractivity contribution in [3.05, 3.63) is 53.6 Å². The maximum atomic E-state index is 11.9. The van der Waals surface area contributed by atoms with Gasteiger partial charge in [-0.05, 0) is 43.5 Å². The Morgan fingerprint density at radius 3 is 2.38 bits per heavy atom. The van der Waals surface area contributed by atoms with Crippen LogP contribution >= 0.6 is 0 Å². The molecule has 0 aliphatic rings. The van der Waals surface area contributed by atoms with Crippen molar-refractivity contribution in [2.75, 3.05) is 18.4 Å². The Morgan fingerprint density at radius 1 is 1.00 bits per heavy atom. The second-order valence-corrected chi connectivity index (χ2v) is 5.98. The highest BCUT2D eigenvalue weighted by atomic mass is 16.5. The fourth-order valence-electron chi connectivity index (χ4n) is 2.40. The predicted octanol–water partition coefficient (Wildman–Crippen LogP) is 3.74. The zero-order valence-electron chi connectivity index (χ0n) is 15.4. The molecule has 6 nitrogen and oxygen atoms in total. The van der Waals surface area contributed by atoms with Crippen molar-refractivity contribution >= 4 is 17.6 Å². The van der Waals surface area contributed by atoms with Gasteiger partial charge in [-0.3, -0.25) is 10.1 Å². The van der Waals surface area contributed by atoms with E-state index in [0.717, 1.165) is 23.3 Å². The summed E-state index contributed by atoms with van der Waals surface area (Å²) < 4.78 is 6.06. The van der Waals surface area contributed by atoms with Gasteiger partial charge < -0.3 is 15.4 Å². The van der Waals surface area contributed by atoms with Gasteiger partial charge in [-0.25, -0.2) is 4.79 Å². The van der Waals surface area contributed by atoms with Crippen molar-refractivity contribution in [2.24, 2.45) is 0 Å². The number of carbonyl (C=O) groups is 2. The number of urea groups is 1. The van der Waals surface area contributed by atoms with E-state index < -0.39 is 11.9 Å². The quantitative estimate of drug-likeness (QED) is 0.707. The lowest BCUT2D eigenvalue weighted by Crippen LogP contribution is -2.42. The molecule has 0 aliphatic carbocycles. The van der Waals surface area contributed by atoms with Gasteiger partial charge >= 0.3 is 6.03 Å². The second kappa shape index (κ2) is 9.46. The Bertz CT molecular complexity index is 754. The maximum absolute atomic E-state index is 11.9. The number of imide groups is 1. The van der Waals surface area contributed by atoms with Gasteiger partial charge in [0.1, 0.15) is 5.75 Å². The molecule has 3 N–H and O–H groups in total. The molecule has 2 aromatic rings. The monoisotopic (exact) mass is 355 g/mol. The van der Waals surface area contributed by atoms with Crippen molar-refractivity contribution in [1.82, 2.24) is 10.6 Å². The van der Waals surface area contributed by atoms with E-state index in [0.29, 0.717) is 18.0 Å². The topological polar surface area (TPSA) is 79.5 Å². The summed E-state index contributed by atoms with van der Waals surface area (Å²) in [5.74, 6) is 0.999. The Balaban J connectivity index is 2.01. The molecule has 0 aromatic heterocycles. The molecule has 0 spiro atoms. The summed E-state index contributed by atoms with van der Waals surface area (Å²) in [6, 6.07) is 12.8. The number of para-hydroxylation sites is 3. The third-order valence-corrected chi connectivity index (χ3v) is 3.74. The van der Waals surface area contributed by atoms with Crippen LogP contribution in [0, 0.1) is 13.8 Å². The van der Waals surface area contributed by atoms with Crippen molar-refractivity contribution in [3.8, 4) is 11.5 Å². The maximum Gasteiger partial charge on any atom is 0.321 e. The summed E-state index contributed by atoms with van der Waals surface area (Å²) in [6.07, 6.45) is 0.808. The van der Waals surface area contributed by atoms with Crippen LogP contribution in [-0.2, 0) is 4.79 Å². The normalized spacial score (nSPS) is 10.1. The average molecular weight is 355 g/mol. The number of hydrogen-bond donors (Lipinski definition) is 3. The zero-order chi connectivity index (χ0) is 18.9. The van der Waals surface area contributed by atoms with Crippen LogP contribution in [0.5, 0.6) is 11.5 Å². The van der Waals surface area contributed by atoms with Crippen LogP contribution in [0.25, 0.3) is 0 Å². The van der Waals surface area contributed by atoms with E-state index in [-0.39, 0.29) is 6.54 Å². The minimum Gasteiger partial charge on any atom is -0.455 e. The Kier molecular flexibility index (Phi) is 7.02. The summed E-state index contributed by atoms with van der Waals surface area (Å²) in [4.78, 5) is 23.4. The van der Waals surface area contributed by atoms with E-state index >= 15 is 0 Å². The van der Waals surface area contributed by atoms with E-state index in [4.69, 9.17) is 4.74 Å². The summed E-state index contributed by atoms with van der Waals surface area (Å²) in [6.45, 7) is 6.41. The van der Waals surface area contributed by atoms with Crippen molar-refractivity contribution in [3.63, 3.8) is 0 Å². The third-order valence-electron chi connectivity index (χ3n) is 3.74. The predicted molar refractivity (Wildman–Crippen MR) is 103 cm³/mol. The molecule has 0 saturated heterocycles. The second-order valence-electron chi connectivity index (χ2n) is 5.98. The smallest absolute Gasteiger partial charge is 0.321 e. The van der Waals surface area contributed by atoms with Crippen LogP contribution in [0.15, 0.2) is 42.5 Å². The highest BCUT2D eigenvalue weighted by Crippen LogP contribution is 2.33. The zero-order valence-corrected chi connectivity index (χ0v) is 15.4. The SMILES string of the molecule is CCCNC(=O)NC(=O)CNc1ccccc1Oc1c(C)cccc1C. The number of nitrogens with one attached hydrogen (secondary N) is 3. The molecule has 0 atom stereocenters. The fraction of sp³-hybridized carbons (Fsp3) is 0.300. The Labute approximate surface area is 153 Å². The van der Waals surface area contributed by atoms with E-state index in [2.05, 4.69) is 16.0 Å². The van der Waals surface area contributed by atoms with Crippen molar-refractivity contribution in [1.29, 1.82) is 0 Å². The van der Waals surface area contributed by atoms with Gasteiger partial charge in [0, 0.05) is 6.54 Å². The molecular weight excluding hydrogens is 330 g/mol. The van der Waals surface area contributed by atoms with E-state index in [1.807, 2.05) is 63.2 Å². The summed E-state index contributed by atoms with van der Waals surface area (Å²) in [7, 11) is 0. The first-order valence-electron chi connectivity index (χ1n) is 8.66. The highest BCUT2D eigenvalue weighted by molar-refractivity contribution is 5.96. The standard InChI is InChI=1S/C20H25N3O3/c1-4-12-21-20(25)23-18(24)13-22-16-10-5-6-11-17(16)26-19-14(2)8-7-9-15(19)3/h5-11,22H,4,12-13H2,1-3H3,(H2,21,23,24,25). The molecular formula is C20H25N3O3. The van der Waals surface area contributed by atoms with Gasteiger partial charge in [-0.1, -0.05) is 37.3 Å². The lowest BCUT2D eigenvalue weighted by molar-refractivity contribution is -0.118. The first-order valence-corrected chi connectivity index (χ1v) is 8.66. The third kappa shape index (κ3) is 5.51. The number of amides is 3. The summed E-state index contributed by atoms with van der Waals surface area (Å²) in [5, 5.41) is 7.89. The van der Waals surface area contributed by atoms with Gasteiger partial charge in [-0.15, -0.1) is 0 Å². The average Bonchev–Trinajstić information content (AvgIpc) is 2.62. The van der Waals surface area contributed by atoms with Crippen LogP contribution in [0.1, 0.15) is 24.5 Å². The van der Waals surface area contributed by atoms with E-state index in [9.17, 15) is 9.59 Å². The van der Waals surface area contributed by atoms with E-state index in [1.165, 1.54) is 0 Å². The molecule has 0 fully saturated rings.